The number of aliphatic hydroxyl groups excluding tert-OH is 1. The summed E-state index contributed by atoms with van der Waals surface area (Å²) in [6.07, 6.45) is -0.206. The van der Waals surface area contributed by atoms with E-state index in [2.05, 4.69) is 10.6 Å². The van der Waals surface area contributed by atoms with Crippen LogP contribution < -0.4 is 10.6 Å². The maximum absolute atomic E-state index is 13.3. The first-order valence-electron chi connectivity index (χ1n) is 7.96. The molecule has 0 aliphatic carbocycles. The molecule has 0 saturated heterocycles. The molecule has 2 atom stereocenters. The van der Waals surface area contributed by atoms with Gasteiger partial charge in [0.05, 0.1) is 6.10 Å². The van der Waals surface area contributed by atoms with Crippen molar-refractivity contribution in [2.24, 2.45) is 0 Å². The summed E-state index contributed by atoms with van der Waals surface area (Å²) in [5, 5.41) is 24.5. The number of amides is 2. The van der Waals surface area contributed by atoms with Gasteiger partial charge in [0.15, 0.2) is 0 Å². The molecule has 1 aromatic carbocycles. The topological polar surface area (TPSA) is 98.7 Å². The number of hydrogen-bond acceptors (Lipinski definition) is 4. The van der Waals surface area contributed by atoms with Crippen molar-refractivity contribution < 1.29 is 24.2 Å². The van der Waals surface area contributed by atoms with Crippen molar-refractivity contribution in [2.75, 3.05) is 13.1 Å². The Morgan fingerprint density at radius 1 is 1.25 bits per heavy atom. The molecule has 0 fully saturated rings. The molecule has 24 heavy (non-hydrogen) atoms. The van der Waals surface area contributed by atoms with Gasteiger partial charge >= 0.3 is 0 Å². The highest BCUT2D eigenvalue weighted by Crippen LogP contribution is 2.12. The fraction of sp³-hybridized carbons (Fsp3) is 0.529. The lowest BCUT2D eigenvalue weighted by Gasteiger charge is -2.21. The summed E-state index contributed by atoms with van der Waals surface area (Å²) in [5.41, 5.74) is -0.570. The molecule has 0 radical (unpaired) electrons. The molecule has 2 unspecified atom stereocenters. The maximum atomic E-state index is 13.3. The molecule has 0 spiro atoms. The van der Waals surface area contributed by atoms with E-state index in [1.807, 2.05) is 6.92 Å². The second-order valence-corrected chi connectivity index (χ2v) is 5.86. The molecular formula is C17H25FN2O4. The van der Waals surface area contributed by atoms with Gasteiger partial charge in [-0.3, -0.25) is 9.59 Å². The number of aryl methyl sites for hydroxylation is 1. The van der Waals surface area contributed by atoms with Gasteiger partial charge in [-0.05, 0) is 37.5 Å². The molecule has 0 aromatic heterocycles. The molecule has 1 rings (SSSR count). The second kappa shape index (κ2) is 8.75. The van der Waals surface area contributed by atoms with Crippen LogP contribution in [0.2, 0.25) is 0 Å². The van der Waals surface area contributed by atoms with Crippen LogP contribution in [-0.2, 0) is 11.2 Å². The quantitative estimate of drug-likeness (QED) is 0.561. The van der Waals surface area contributed by atoms with Crippen LogP contribution in [0.5, 0.6) is 0 Å². The summed E-state index contributed by atoms with van der Waals surface area (Å²) in [6.45, 7) is 4.69. The van der Waals surface area contributed by atoms with E-state index in [0.29, 0.717) is 12.0 Å². The average Bonchev–Trinajstić information content (AvgIpc) is 2.57. The van der Waals surface area contributed by atoms with Gasteiger partial charge in [-0.15, -0.1) is 0 Å². The van der Waals surface area contributed by atoms with Crippen LogP contribution in [0.4, 0.5) is 4.39 Å². The van der Waals surface area contributed by atoms with Crippen LogP contribution >= 0.6 is 0 Å². The second-order valence-electron chi connectivity index (χ2n) is 5.86. The van der Waals surface area contributed by atoms with Crippen molar-refractivity contribution in [1.29, 1.82) is 0 Å². The number of halogens is 1. The van der Waals surface area contributed by atoms with Crippen molar-refractivity contribution in [3.05, 3.63) is 35.1 Å². The summed E-state index contributed by atoms with van der Waals surface area (Å²) in [6, 6.07) is 3.99. The normalized spacial score (nSPS) is 14.6. The van der Waals surface area contributed by atoms with Crippen LogP contribution in [0, 0.1) is 5.82 Å². The zero-order chi connectivity index (χ0) is 18.3. The van der Waals surface area contributed by atoms with Crippen molar-refractivity contribution in [1.82, 2.24) is 10.6 Å². The van der Waals surface area contributed by atoms with Crippen molar-refractivity contribution >= 4 is 11.8 Å². The van der Waals surface area contributed by atoms with E-state index in [1.54, 1.807) is 13.0 Å². The van der Waals surface area contributed by atoms with Crippen molar-refractivity contribution in [3.63, 3.8) is 0 Å². The van der Waals surface area contributed by atoms with Gasteiger partial charge in [0, 0.05) is 18.7 Å². The third-order valence-electron chi connectivity index (χ3n) is 3.87. The fourth-order valence-corrected chi connectivity index (χ4v) is 2.01. The number of rotatable bonds is 8. The fourth-order valence-electron chi connectivity index (χ4n) is 2.01. The highest BCUT2D eigenvalue weighted by Gasteiger charge is 2.27. The summed E-state index contributed by atoms with van der Waals surface area (Å²) in [5.74, 6) is -1.59. The number of benzene rings is 1. The third kappa shape index (κ3) is 5.58. The van der Waals surface area contributed by atoms with Crippen molar-refractivity contribution in [2.45, 2.75) is 45.3 Å². The van der Waals surface area contributed by atoms with Gasteiger partial charge in [-0.25, -0.2) is 4.39 Å². The van der Waals surface area contributed by atoms with E-state index < -0.39 is 29.3 Å². The largest absolute Gasteiger partial charge is 0.389 e. The van der Waals surface area contributed by atoms with Crippen LogP contribution in [0.1, 0.15) is 43.1 Å². The summed E-state index contributed by atoms with van der Waals surface area (Å²) in [7, 11) is 0. The molecule has 2 amide bonds. The van der Waals surface area contributed by atoms with Crippen LogP contribution in [0.15, 0.2) is 18.2 Å². The lowest BCUT2D eigenvalue weighted by Crippen LogP contribution is -2.48. The Kier molecular flexibility index (Phi) is 7.31. The molecule has 0 aliphatic heterocycles. The zero-order valence-electron chi connectivity index (χ0n) is 14.2. The predicted octanol–water partition coefficient (Wildman–Crippen LogP) is 0.756. The number of carbonyl (C=O) groups excluding carboxylic acids is 2. The first kappa shape index (κ1) is 20.1. The molecule has 1 aromatic rings. The molecular weight excluding hydrogens is 315 g/mol. The number of nitrogens with one attached hydrogen (secondary N) is 2. The first-order chi connectivity index (χ1) is 11.2. The van der Waals surface area contributed by atoms with Gasteiger partial charge < -0.3 is 20.8 Å². The lowest BCUT2D eigenvalue weighted by molar-refractivity contribution is -0.138. The van der Waals surface area contributed by atoms with Gasteiger partial charge in [-0.2, -0.15) is 0 Å². The van der Waals surface area contributed by atoms with Gasteiger partial charge in [0.2, 0.25) is 0 Å². The Hall–Kier alpha value is -1.99. The minimum Gasteiger partial charge on any atom is -0.389 e. The standard InChI is InChI=1S/C17H25FN2O4/c1-4-11-6-7-12(18)8-14(11)15(22)19-9-13(21)10-20-16(23)17(3,24)5-2/h6-8,13,21,24H,4-5,9-10H2,1-3H3,(H,19,22)(H,20,23). The molecule has 7 heteroatoms. The molecule has 4 N–H and O–H groups in total. The number of hydrogen-bond donors (Lipinski definition) is 4. The van der Waals surface area contributed by atoms with E-state index in [0.717, 1.165) is 6.07 Å². The van der Waals surface area contributed by atoms with Gasteiger partial charge in [0.25, 0.3) is 11.8 Å². The third-order valence-corrected chi connectivity index (χ3v) is 3.87. The molecule has 0 saturated carbocycles. The van der Waals surface area contributed by atoms with E-state index >= 15 is 0 Å². The van der Waals surface area contributed by atoms with E-state index in [4.69, 9.17) is 0 Å². The Labute approximate surface area is 141 Å². The smallest absolute Gasteiger partial charge is 0.251 e. The zero-order valence-corrected chi connectivity index (χ0v) is 14.2. The number of carbonyl (C=O) groups is 2. The van der Waals surface area contributed by atoms with Gasteiger partial charge in [0.1, 0.15) is 11.4 Å². The van der Waals surface area contributed by atoms with E-state index in [-0.39, 0.29) is 25.1 Å². The maximum Gasteiger partial charge on any atom is 0.251 e. The SMILES string of the molecule is CCc1ccc(F)cc1C(=O)NCC(O)CNC(=O)C(C)(O)CC. The highest BCUT2D eigenvalue weighted by atomic mass is 19.1. The summed E-state index contributed by atoms with van der Waals surface area (Å²) >= 11 is 0. The first-order valence-corrected chi connectivity index (χ1v) is 7.96. The van der Waals surface area contributed by atoms with Crippen LogP contribution in [-0.4, -0.2) is 46.8 Å². The molecule has 6 nitrogen and oxygen atoms in total. The Bertz CT molecular complexity index is 590. The minimum atomic E-state index is -1.50. The Morgan fingerprint density at radius 2 is 1.88 bits per heavy atom. The van der Waals surface area contributed by atoms with Crippen LogP contribution in [0.25, 0.3) is 0 Å². The van der Waals surface area contributed by atoms with E-state index in [1.165, 1.54) is 13.0 Å². The van der Waals surface area contributed by atoms with E-state index in [9.17, 15) is 24.2 Å². The molecule has 0 heterocycles. The minimum absolute atomic E-state index is 0.104. The van der Waals surface area contributed by atoms with Crippen LogP contribution in [0.3, 0.4) is 0 Å². The monoisotopic (exact) mass is 340 g/mol. The predicted molar refractivity (Wildman–Crippen MR) is 88.0 cm³/mol. The number of aliphatic hydroxyl groups is 2. The Morgan fingerprint density at radius 3 is 2.46 bits per heavy atom. The van der Waals surface area contributed by atoms with Gasteiger partial charge in [-0.1, -0.05) is 19.9 Å². The highest BCUT2D eigenvalue weighted by molar-refractivity contribution is 5.95. The summed E-state index contributed by atoms with van der Waals surface area (Å²) < 4.78 is 13.3. The lowest BCUT2D eigenvalue weighted by atomic mass is 10.0. The Balaban J connectivity index is 2.53. The molecule has 134 valence electrons. The average molecular weight is 340 g/mol. The molecule has 0 aliphatic rings. The summed E-state index contributed by atoms with van der Waals surface area (Å²) in [4.78, 5) is 23.8. The molecule has 0 bridgehead atoms. The van der Waals surface area contributed by atoms with Crippen molar-refractivity contribution in [3.8, 4) is 0 Å².